The van der Waals surface area contributed by atoms with Gasteiger partial charge in [0.1, 0.15) is 11.8 Å². The van der Waals surface area contributed by atoms with Gasteiger partial charge in [-0.3, -0.25) is 4.79 Å². The average molecular weight is 269 g/mol. The van der Waals surface area contributed by atoms with Gasteiger partial charge in [-0.05, 0) is 17.7 Å². The number of carbonyl (C=O) groups is 1. The Morgan fingerprint density at radius 2 is 1.80 bits per heavy atom. The van der Waals surface area contributed by atoms with Crippen molar-refractivity contribution in [1.29, 1.82) is 0 Å². The molecule has 4 nitrogen and oxygen atoms in total. The van der Waals surface area contributed by atoms with E-state index in [0.29, 0.717) is 5.75 Å². The molecular formula is C16H15NO3. The molecule has 0 aliphatic carbocycles. The maximum atomic E-state index is 11.3. The molecule has 102 valence electrons. The van der Waals surface area contributed by atoms with Crippen LogP contribution in [-0.4, -0.2) is 12.3 Å². The lowest BCUT2D eigenvalue weighted by molar-refractivity contribution is -0.164. The molecule has 2 aromatic carbocycles. The number of carbonyl (C=O) groups excluding carboxylic acids is 1. The van der Waals surface area contributed by atoms with E-state index in [2.05, 4.69) is 5.32 Å². The maximum absolute atomic E-state index is 11.3. The Morgan fingerprint density at radius 1 is 1.10 bits per heavy atom. The molecule has 20 heavy (non-hydrogen) atoms. The van der Waals surface area contributed by atoms with Gasteiger partial charge in [-0.1, -0.05) is 42.5 Å². The molecule has 0 fully saturated rings. The average Bonchev–Trinajstić information content (AvgIpc) is 2.47. The monoisotopic (exact) mass is 269 g/mol. The van der Waals surface area contributed by atoms with Gasteiger partial charge in [-0.25, -0.2) is 0 Å². The molecule has 2 atom stereocenters. The molecule has 0 amide bonds. The summed E-state index contributed by atoms with van der Waals surface area (Å²) in [6, 6.07) is 17.2. The lowest BCUT2D eigenvalue weighted by atomic mass is 10.0. The van der Waals surface area contributed by atoms with Crippen molar-refractivity contribution < 1.29 is 14.3 Å². The van der Waals surface area contributed by atoms with Gasteiger partial charge >= 0.3 is 5.97 Å². The number of fused-ring (bicyclic) bond motifs is 1. The standard InChI is InChI=1S/C16H15NO3/c1-11(18)19-16-15(12-7-3-2-4-8-12)17-13-9-5-6-10-14(13)20-16/h2-10,15-17H,1H3. The Bertz CT molecular complexity index is 612. The van der Waals surface area contributed by atoms with E-state index in [4.69, 9.17) is 9.47 Å². The quantitative estimate of drug-likeness (QED) is 0.851. The van der Waals surface area contributed by atoms with Crippen molar-refractivity contribution in [2.45, 2.75) is 19.3 Å². The minimum Gasteiger partial charge on any atom is -0.450 e. The number of hydrogen-bond donors (Lipinski definition) is 1. The minimum atomic E-state index is -0.676. The van der Waals surface area contributed by atoms with Crippen LogP contribution in [0.3, 0.4) is 0 Å². The Hall–Kier alpha value is -2.49. The first kappa shape index (κ1) is 12.5. The number of hydrogen-bond acceptors (Lipinski definition) is 4. The van der Waals surface area contributed by atoms with Crippen LogP contribution in [0.2, 0.25) is 0 Å². The number of ether oxygens (including phenoxy) is 2. The Labute approximate surface area is 117 Å². The van der Waals surface area contributed by atoms with Gasteiger partial charge in [0.25, 0.3) is 6.29 Å². The van der Waals surface area contributed by atoms with Gasteiger partial charge in [0.05, 0.1) is 5.69 Å². The Kier molecular flexibility index (Phi) is 3.29. The highest BCUT2D eigenvalue weighted by Crippen LogP contribution is 2.37. The summed E-state index contributed by atoms with van der Waals surface area (Å²) in [4.78, 5) is 11.3. The number of rotatable bonds is 2. The molecule has 2 unspecified atom stereocenters. The summed E-state index contributed by atoms with van der Waals surface area (Å²) in [6.07, 6.45) is -0.676. The molecular weight excluding hydrogens is 254 g/mol. The summed E-state index contributed by atoms with van der Waals surface area (Å²) < 4.78 is 11.1. The molecule has 0 aromatic heterocycles. The first-order valence-electron chi connectivity index (χ1n) is 6.48. The normalized spacial score (nSPS) is 20.2. The Balaban J connectivity index is 1.95. The van der Waals surface area contributed by atoms with Crippen LogP contribution in [0.15, 0.2) is 54.6 Å². The zero-order valence-electron chi connectivity index (χ0n) is 11.1. The molecule has 1 N–H and O–H groups in total. The lowest BCUT2D eigenvalue weighted by Crippen LogP contribution is -2.38. The Morgan fingerprint density at radius 3 is 2.55 bits per heavy atom. The predicted octanol–water partition coefficient (Wildman–Crippen LogP) is 3.12. The molecule has 0 radical (unpaired) electrons. The number of nitrogens with one attached hydrogen (secondary N) is 1. The molecule has 0 saturated carbocycles. The van der Waals surface area contributed by atoms with Crippen LogP contribution < -0.4 is 10.1 Å². The third-order valence-corrected chi connectivity index (χ3v) is 3.15. The summed E-state index contributed by atoms with van der Waals surface area (Å²) in [5.41, 5.74) is 1.90. The number of benzene rings is 2. The van der Waals surface area contributed by atoms with Crippen molar-refractivity contribution in [3.63, 3.8) is 0 Å². The maximum Gasteiger partial charge on any atom is 0.305 e. The van der Waals surface area contributed by atoms with Gasteiger partial charge in [0, 0.05) is 6.92 Å². The summed E-state index contributed by atoms with van der Waals surface area (Å²) >= 11 is 0. The van der Waals surface area contributed by atoms with E-state index in [1.54, 1.807) is 0 Å². The smallest absolute Gasteiger partial charge is 0.305 e. The second kappa shape index (κ2) is 5.25. The first-order valence-corrected chi connectivity index (χ1v) is 6.48. The summed E-state index contributed by atoms with van der Waals surface area (Å²) in [5.74, 6) is 0.322. The van der Waals surface area contributed by atoms with Crippen molar-refractivity contribution in [2.75, 3.05) is 5.32 Å². The summed E-state index contributed by atoms with van der Waals surface area (Å²) in [7, 11) is 0. The van der Waals surface area contributed by atoms with Gasteiger partial charge in [-0.15, -0.1) is 0 Å². The second-order valence-electron chi connectivity index (χ2n) is 4.62. The fourth-order valence-corrected chi connectivity index (χ4v) is 2.27. The fourth-order valence-electron chi connectivity index (χ4n) is 2.27. The molecule has 0 saturated heterocycles. The van der Waals surface area contributed by atoms with Crippen LogP contribution in [0.4, 0.5) is 5.69 Å². The second-order valence-corrected chi connectivity index (χ2v) is 4.62. The van der Waals surface area contributed by atoms with E-state index in [1.165, 1.54) is 6.92 Å². The molecule has 0 bridgehead atoms. The van der Waals surface area contributed by atoms with Crippen molar-refractivity contribution >= 4 is 11.7 Å². The highest BCUT2D eigenvalue weighted by atomic mass is 16.7. The number of para-hydroxylation sites is 2. The van der Waals surface area contributed by atoms with Crippen LogP contribution in [-0.2, 0) is 9.53 Å². The highest BCUT2D eigenvalue weighted by molar-refractivity contribution is 5.67. The zero-order chi connectivity index (χ0) is 13.9. The molecule has 3 rings (SSSR count). The lowest BCUT2D eigenvalue weighted by Gasteiger charge is -2.34. The van der Waals surface area contributed by atoms with Crippen LogP contribution in [0, 0.1) is 0 Å². The van der Waals surface area contributed by atoms with E-state index >= 15 is 0 Å². The SMILES string of the molecule is CC(=O)OC1Oc2ccccc2NC1c1ccccc1. The third kappa shape index (κ3) is 2.45. The van der Waals surface area contributed by atoms with Crippen LogP contribution in [0.1, 0.15) is 18.5 Å². The number of esters is 1. The van der Waals surface area contributed by atoms with Gasteiger partial charge in [-0.2, -0.15) is 0 Å². The molecule has 0 spiro atoms. The topological polar surface area (TPSA) is 47.6 Å². The fraction of sp³-hybridized carbons (Fsp3) is 0.188. The first-order chi connectivity index (χ1) is 9.74. The van der Waals surface area contributed by atoms with Gasteiger partial charge < -0.3 is 14.8 Å². The molecule has 1 aliphatic rings. The zero-order valence-corrected chi connectivity index (χ0v) is 11.1. The van der Waals surface area contributed by atoms with Gasteiger partial charge in [0.2, 0.25) is 0 Å². The molecule has 4 heteroatoms. The van der Waals surface area contributed by atoms with E-state index < -0.39 is 6.29 Å². The largest absolute Gasteiger partial charge is 0.450 e. The molecule has 2 aromatic rings. The molecule has 1 aliphatic heterocycles. The predicted molar refractivity (Wildman–Crippen MR) is 75.4 cm³/mol. The van der Waals surface area contributed by atoms with Crippen molar-refractivity contribution in [2.24, 2.45) is 0 Å². The summed E-state index contributed by atoms with van der Waals surface area (Å²) in [5, 5.41) is 3.37. The van der Waals surface area contributed by atoms with Gasteiger partial charge in [0.15, 0.2) is 0 Å². The van der Waals surface area contributed by atoms with Crippen molar-refractivity contribution in [3.8, 4) is 5.75 Å². The summed E-state index contributed by atoms with van der Waals surface area (Å²) in [6.45, 7) is 1.38. The highest BCUT2D eigenvalue weighted by Gasteiger charge is 2.32. The third-order valence-electron chi connectivity index (χ3n) is 3.15. The van der Waals surface area contributed by atoms with E-state index in [1.807, 2.05) is 54.6 Å². The van der Waals surface area contributed by atoms with Crippen LogP contribution >= 0.6 is 0 Å². The van der Waals surface area contributed by atoms with Crippen LogP contribution in [0.25, 0.3) is 0 Å². The van der Waals surface area contributed by atoms with Crippen molar-refractivity contribution in [3.05, 3.63) is 60.2 Å². The minimum absolute atomic E-state index is 0.227. The van der Waals surface area contributed by atoms with Crippen LogP contribution in [0.5, 0.6) is 5.75 Å². The number of anilines is 1. The van der Waals surface area contributed by atoms with E-state index in [9.17, 15) is 4.79 Å². The van der Waals surface area contributed by atoms with Crippen molar-refractivity contribution in [1.82, 2.24) is 0 Å². The van der Waals surface area contributed by atoms with E-state index in [-0.39, 0.29) is 12.0 Å². The van der Waals surface area contributed by atoms with E-state index in [0.717, 1.165) is 11.3 Å². The molecule has 1 heterocycles.